The first-order chi connectivity index (χ1) is 12.5. The molecule has 1 aromatic carbocycles. The van der Waals surface area contributed by atoms with Crippen LogP contribution in [0.25, 0.3) is 0 Å². The van der Waals surface area contributed by atoms with Crippen LogP contribution in [0.4, 0.5) is 0 Å². The second-order valence-electron chi connectivity index (χ2n) is 6.56. The van der Waals surface area contributed by atoms with Gasteiger partial charge in [-0.2, -0.15) is 0 Å². The van der Waals surface area contributed by atoms with Crippen molar-refractivity contribution in [2.45, 2.75) is 19.4 Å². The molecule has 1 fully saturated rings. The number of hydrogen-bond acceptors (Lipinski definition) is 5. The van der Waals surface area contributed by atoms with Gasteiger partial charge in [-0.15, -0.1) is 6.58 Å². The number of methoxy groups -OCH3 is 3. The lowest BCUT2D eigenvalue weighted by molar-refractivity contribution is -0.114. The molecule has 2 aliphatic rings. The summed E-state index contributed by atoms with van der Waals surface area (Å²) in [5, 5.41) is 0. The van der Waals surface area contributed by atoms with Crippen LogP contribution in [-0.2, 0) is 14.3 Å². The monoisotopic (exact) mass is 356 g/mol. The Labute approximate surface area is 153 Å². The Bertz CT molecular complexity index is 792. The standard InChI is InChI=1S/C21H24O5/c1-6-9-21-12-18(25-5)15(22)11-19(21)26-20(13(21)2)14-7-8-16(23-3)17(10-14)24-4/h6-8,10-13,20H,1,9H2,2-5H3/t13-,20-,21-/m1/s1. The maximum Gasteiger partial charge on any atom is 0.223 e. The summed E-state index contributed by atoms with van der Waals surface area (Å²) in [5.41, 5.74) is 0.521. The molecule has 0 bridgehead atoms. The Morgan fingerprint density at radius 3 is 2.54 bits per heavy atom. The Hall–Kier alpha value is -2.69. The fourth-order valence-electron chi connectivity index (χ4n) is 3.84. The first kappa shape index (κ1) is 18.1. The summed E-state index contributed by atoms with van der Waals surface area (Å²) in [7, 11) is 4.72. The number of rotatable bonds is 6. The Balaban J connectivity index is 2.05. The van der Waals surface area contributed by atoms with Crippen LogP contribution in [0.2, 0.25) is 0 Å². The zero-order chi connectivity index (χ0) is 18.9. The van der Waals surface area contributed by atoms with Gasteiger partial charge in [0.2, 0.25) is 5.78 Å². The third kappa shape index (κ3) is 2.68. The van der Waals surface area contributed by atoms with E-state index in [1.807, 2.05) is 30.4 Å². The van der Waals surface area contributed by atoms with Crippen molar-refractivity contribution in [2.75, 3.05) is 21.3 Å². The highest BCUT2D eigenvalue weighted by molar-refractivity contribution is 6.04. The molecule has 1 heterocycles. The van der Waals surface area contributed by atoms with Crippen LogP contribution in [0.1, 0.15) is 25.0 Å². The van der Waals surface area contributed by atoms with Crippen LogP contribution in [0.15, 0.2) is 54.5 Å². The predicted molar refractivity (Wildman–Crippen MR) is 98.0 cm³/mol. The summed E-state index contributed by atoms with van der Waals surface area (Å²) in [6, 6.07) is 5.75. The molecule has 0 unspecified atom stereocenters. The molecular formula is C21H24O5. The number of hydrogen-bond donors (Lipinski definition) is 0. The minimum atomic E-state index is -0.446. The van der Waals surface area contributed by atoms with Crippen LogP contribution >= 0.6 is 0 Å². The van der Waals surface area contributed by atoms with Crippen LogP contribution < -0.4 is 9.47 Å². The molecule has 1 aromatic rings. The molecule has 0 aromatic heterocycles. The van der Waals surface area contributed by atoms with E-state index in [1.54, 1.807) is 20.3 Å². The molecule has 26 heavy (non-hydrogen) atoms. The number of fused-ring (bicyclic) bond motifs is 1. The van der Waals surface area contributed by atoms with Gasteiger partial charge in [-0.1, -0.05) is 19.1 Å². The van der Waals surface area contributed by atoms with Crippen molar-refractivity contribution in [3.05, 3.63) is 60.1 Å². The van der Waals surface area contributed by atoms with Crippen molar-refractivity contribution < 1.29 is 23.7 Å². The molecule has 5 heteroatoms. The van der Waals surface area contributed by atoms with Gasteiger partial charge in [-0.05, 0) is 30.2 Å². The molecule has 0 radical (unpaired) electrons. The zero-order valence-electron chi connectivity index (χ0n) is 15.6. The average molecular weight is 356 g/mol. The minimum absolute atomic E-state index is 0.0723. The van der Waals surface area contributed by atoms with Crippen LogP contribution in [0, 0.1) is 11.3 Å². The molecule has 5 nitrogen and oxygen atoms in total. The van der Waals surface area contributed by atoms with Crippen molar-refractivity contribution in [2.24, 2.45) is 11.3 Å². The summed E-state index contributed by atoms with van der Waals surface area (Å²) in [5.74, 6) is 2.21. The summed E-state index contributed by atoms with van der Waals surface area (Å²) < 4.78 is 22.3. The van der Waals surface area contributed by atoms with Gasteiger partial charge in [0.15, 0.2) is 17.3 Å². The molecular weight excluding hydrogens is 332 g/mol. The number of ether oxygens (including phenoxy) is 4. The topological polar surface area (TPSA) is 54.0 Å². The summed E-state index contributed by atoms with van der Waals surface area (Å²) in [6.07, 6.45) is 5.72. The second kappa shape index (κ2) is 6.90. The highest BCUT2D eigenvalue weighted by atomic mass is 16.5. The third-order valence-corrected chi connectivity index (χ3v) is 5.31. The van der Waals surface area contributed by atoms with E-state index >= 15 is 0 Å². The molecule has 0 saturated carbocycles. The number of benzene rings is 1. The number of carbonyl (C=O) groups is 1. The first-order valence-electron chi connectivity index (χ1n) is 8.53. The second-order valence-corrected chi connectivity index (χ2v) is 6.56. The van der Waals surface area contributed by atoms with Crippen molar-refractivity contribution in [3.63, 3.8) is 0 Å². The van der Waals surface area contributed by atoms with Crippen LogP contribution in [0.3, 0.4) is 0 Å². The Morgan fingerprint density at radius 2 is 1.92 bits per heavy atom. The molecule has 0 spiro atoms. The van der Waals surface area contributed by atoms with E-state index in [4.69, 9.17) is 18.9 Å². The SMILES string of the molecule is C=CC[C@]12C=C(OC)C(=O)C=C1O[C@@H](c1ccc(OC)c(OC)c1)[C@H]2C. The van der Waals surface area contributed by atoms with Crippen molar-refractivity contribution in [3.8, 4) is 11.5 Å². The van der Waals surface area contributed by atoms with Gasteiger partial charge in [-0.25, -0.2) is 0 Å². The van der Waals surface area contributed by atoms with Crippen molar-refractivity contribution in [1.82, 2.24) is 0 Å². The fourth-order valence-corrected chi connectivity index (χ4v) is 3.84. The van der Waals surface area contributed by atoms with E-state index in [0.717, 1.165) is 5.56 Å². The first-order valence-corrected chi connectivity index (χ1v) is 8.53. The van der Waals surface area contributed by atoms with Gasteiger partial charge in [0, 0.05) is 12.0 Å². The largest absolute Gasteiger partial charge is 0.493 e. The summed E-state index contributed by atoms with van der Waals surface area (Å²) >= 11 is 0. The molecule has 0 amide bonds. The quantitative estimate of drug-likeness (QED) is 0.722. The Morgan fingerprint density at radius 1 is 1.19 bits per heavy atom. The summed E-state index contributed by atoms with van der Waals surface area (Å²) in [6.45, 7) is 6.00. The normalized spacial score (nSPS) is 27.0. The number of ketones is 1. The highest BCUT2D eigenvalue weighted by Crippen LogP contribution is 2.57. The van der Waals surface area contributed by atoms with Gasteiger partial charge in [0.25, 0.3) is 0 Å². The smallest absolute Gasteiger partial charge is 0.223 e. The van der Waals surface area contributed by atoms with Gasteiger partial charge in [0.05, 0.1) is 26.7 Å². The third-order valence-electron chi connectivity index (χ3n) is 5.31. The van der Waals surface area contributed by atoms with E-state index in [1.165, 1.54) is 7.11 Å². The molecule has 1 aliphatic heterocycles. The van der Waals surface area contributed by atoms with Gasteiger partial charge in [-0.3, -0.25) is 4.79 Å². The lowest BCUT2D eigenvalue weighted by Crippen LogP contribution is -2.29. The van der Waals surface area contributed by atoms with E-state index in [-0.39, 0.29) is 17.8 Å². The number of allylic oxidation sites excluding steroid dienone is 3. The maximum absolute atomic E-state index is 12.2. The molecule has 138 valence electrons. The fraction of sp³-hybridized carbons (Fsp3) is 0.381. The van der Waals surface area contributed by atoms with E-state index in [9.17, 15) is 4.79 Å². The molecule has 1 saturated heterocycles. The van der Waals surface area contributed by atoms with E-state index in [2.05, 4.69) is 13.5 Å². The Kier molecular flexibility index (Phi) is 4.81. The lowest BCUT2D eigenvalue weighted by Gasteiger charge is -2.31. The highest BCUT2D eigenvalue weighted by Gasteiger charge is 2.52. The number of carbonyl (C=O) groups excluding carboxylic acids is 1. The molecule has 3 rings (SSSR count). The summed E-state index contributed by atoms with van der Waals surface area (Å²) in [4.78, 5) is 12.2. The van der Waals surface area contributed by atoms with Crippen LogP contribution in [-0.4, -0.2) is 27.1 Å². The zero-order valence-corrected chi connectivity index (χ0v) is 15.6. The minimum Gasteiger partial charge on any atom is -0.493 e. The van der Waals surface area contributed by atoms with Crippen molar-refractivity contribution in [1.29, 1.82) is 0 Å². The molecule has 0 N–H and O–H groups in total. The van der Waals surface area contributed by atoms with Crippen molar-refractivity contribution >= 4 is 5.78 Å². The van der Waals surface area contributed by atoms with E-state index < -0.39 is 5.41 Å². The average Bonchev–Trinajstić information content (AvgIpc) is 2.93. The molecule has 3 atom stereocenters. The maximum atomic E-state index is 12.2. The molecule has 1 aliphatic carbocycles. The van der Waals surface area contributed by atoms with Gasteiger partial charge in [0.1, 0.15) is 11.9 Å². The lowest BCUT2D eigenvalue weighted by atomic mass is 9.69. The van der Waals surface area contributed by atoms with Crippen LogP contribution in [0.5, 0.6) is 11.5 Å². The van der Waals surface area contributed by atoms with Gasteiger partial charge >= 0.3 is 0 Å². The predicted octanol–water partition coefficient (Wildman–Crippen LogP) is 3.97. The van der Waals surface area contributed by atoms with Gasteiger partial charge < -0.3 is 18.9 Å². The van der Waals surface area contributed by atoms with E-state index in [0.29, 0.717) is 29.4 Å².